The minimum absolute atomic E-state index is 0.159. The lowest BCUT2D eigenvalue weighted by Crippen LogP contribution is -2.31. The molecule has 1 atom stereocenters. The molecule has 2 aromatic rings. The van der Waals surface area contributed by atoms with Crippen LogP contribution in [-0.4, -0.2) is 18.5 Å². The van der Waals surface area contributed by atoms with Crippen molar-refractivity contribution in [2.24, 2.45) is 0 Å². The zero-order valence-electron chi connectivity index (χ0n) is 13.4. The summed E-state index contributed by atoms with van der Waals surface area (Å²) < 4.78 is 10.7. The first-order chi connectivity index (χ1) is 11.5. The van der Waals surface area contributed by atoms with E-state index in [1.165, 1.54) is 12.2 Å². The Bertz CT molecular complexity index is 751. The lowest BCUT2D eigenvalue weighted by Gasteiger charge is -2.16. The van der Waals surface area contributed by atoms with Gasteiger partial charge in [0.15, 0.2) is 11.3 Å². The molecule has 0 bridgehead atoms. The maximum atomic E-state index is 11.9. The molecule has 0 spiro atoms. The van der Waals surface area contributed by atoms with Gasteiger partial charge in [0.1, 0.15) is 5.76 Å². The Balaban J connectivity index is 1.79. The molecule has 1 aromatic heterocycles. The van der Waals surface area contributed by atoms with Gasteiger partial charge in [-0.25, -0.2) is 4.79 Å². The average Bonchev–Trinajstić information content (AvgIpc) is 2.96. The Morgan fingerprint density at radius 3 is 2.71 bits per heavy atom. The van der Waals surface area contributed by atoms with Crippen LogP contribution in [0.1, 0.15) is 29.9 Å². The van der Waals surface area contributed by atoms with Crippen molar-refractivity contribution in [1.29, 1.82) is 0 Å². The highest BCUT2D eigenvalue weighted by Crippen LogP contribution is 2.16. The topological polar surface area (TPSA) is 68.5 Å². The van der Waals surface area contributed by atoms with Crippen LogP contribution in [0.3, 0.4) is 0 Å². The number of hydrogen-bond donors (Lipinski definition) is 1. The number of nitrogens with one attached hydrogen (secondary N) is 1. The second kappa shape index (κ2) is 8.49. The van der Waals surface area contributed by atoms with Crippen LogP contribution in [0, 0.1) is 6.92 Å². The van der Waals surface area contributed by atoms with E-state index in [2.05, 4.69) is 21.2 Å². The Hall–Kier alpha value is -2.34. The van der Waals surface area contributed by atoms with Crippen LogP contribution in [0.4, 0.5) is 0 Å². The van der Waals surface area contributed by atoms with Crippen LogP contribution in [-0.2, 0) is 14.3 Å². The van der Waals surface area contributed by atoms with Gasteiger partial charge in [-0.2, -0.15) is 0 Å². The second-order valence-corrected chi connectivity index (χ2v) is 6.01. The van der Waals surface area contributed by atoms with E-state index < -0.39 is 5.97 Å². The van der Waals surface area contributed by atoms with Gasteiger partial charge in [-0.3, -0.25) is 4.79 Å². The summed E-state index contributed by atoms with van der Waals surface area (Å²) in [4.78, 5) is 23.5. The highest BCUT2D eigenvalue weighted by molar-refractivity contribution is 9.10. The van der Waals surface area contributed by atoms with Crippen molar-refractivity contribution in [1.82, 2.24) is 5.32 Å². The highest BCUT2D eigenvalue weighted by atomic mass is 79.9. The van der Waals surface area contributed by atoms with Crippen LogP contribution < -0.4 is 5.32 Å². The van der Waals surface area contributed by atoms with Gasteiger partial charge in [-0.05, 0) is 59.1 Å². The van der Waals surface area contributed by atoms with E-state index in [-0.39, 0.29) is 18.6 Å². The molecule has 1 N–H and O–H groups in total. The first-order valence-corrected chi connectivity index (χ1v) is 8.20. The van der Waals surface area contributed by atoms with E-state index in [0.29, 0.717) is 10.4 Å². The Labute approximate surface area is 148 Å². The van der Waals surface area contributed by atoms with Crippen molar-refractivity contribution < 1.29 is 18.7 Å². The summed E-state index contributed by atoms with van der Waals surface area (Å²) in [5.41, 5.74) is 2.12. The van der Waals surface area contributed by atoms with Crippen molar-refractivity contribution in [3.05, 3.63) is 64.0 Å². The number of rotatable bonds is 6. The first-order valence-electron chi connectivity index (χ1n) is 7.41. The standard InChI is InChI=1S/C18H18BrNO4/c1-12-5-3-4-6-15(12)13(2)20-17(21)11-23-18(22)10-8-14-7-9-16(19)24-14/h3-10,13H,11H2,1-2H3,(H,20,21)/b10-8+. The van der Waals surface area contributed by atoms with Gasteiger partial charge < -0.3 is 14.5 Å². The van der Waals surface area contributed by atoms with Crippen molar-refractivity contribution in [3.8, 4) is 0 Å². The third-order valence-corrected chi connectivity index (χ3v) is 3.78. The number of benzene rings is 1. The van der Waals surface area contributed by atoms with Gasteiger partial charge in [-0.15, -0.1) is 0 Å². The van der Waals surface area contributed by atoms with Crippen molar-refractivity contribution in [2.45, 2.75) is 19.9 Å². The Kier molecular flexibility index (Phi) is 6.37. The largest absolute Gasteiger partial charge is 0.452 e. The van der Waals surface area contributed by atoms with Gasteiger partial charge in [0.2, 0.25) is 0 Å². The van der Waals surface area contributed by atoms with E-state index in [4.69, 9.17) is 9.15 Å². The van der Waals surface area contributed by atoms with Gasteiger partial charge in [0, 0.05) is 6.08 Å². The molecule has 1 heterocycles. The third kappa shape index (κ3) is 5.38. The smallest absolute Gasteiger partial charge is 0.331 e. The lowest BCUT2D eigenvalue weighted by atomic mass is 10.0. The summed E-state index contributed by atoms with van der Waals surface area (Å²) in [6, 6.07) is 11.1. The molecule has 1 amide bonds. The number of halogens is 1. The van der Waals surface area contributed by atoms with Crippen LogP contribution in [0.5, 0.6) is 0 Å². The van der Waals surface area contributed by atoms with Crippen molar-refractivity contribution >= 4 is 33.9 Å². The number of hydrogen-bond acceptors (Lipinski definition) is 4. The number of aryl methyl sites for hydroxylation is 1. The predicted molar refractivity (Wildman–Crippen MR) is 94.1 cm³/mol. The van der Waals surface area contributed by atoms with Crippen LogP contribution >= 0.6 is 15.9 Å². The molecule has 126 valence electrons. The fourth-order valence-corrected chi connectivity index (χ4v) is 2.51. The molecule has 0 saturated heterocycles. The minimum Gasteiger partial charge on any atom is -0.452 e. The quantitative estimate of drug-likeness (QED) is 0.600. The fourth-order valence-electron chi connectivity index (χ4n) is 2.19. The van der Waals surface area contributed by atoms with Gasteiger partial charge in [-0.1, -0.05) is 24.3 Å². The third-order valence-electron chi connectivity index (χ3n) is 3.36. The van der Waals surface area contributed by atoms with E-state index in [0.717, 1.165) is 11.1 Å². The molecule has 0 aliphatic carbocycles. The highest BCUT2D eigenvalue weighted by Gasteiger charge is 2.12. The number of ether oxygens (including phenoxy) is 1. The molecular formula is C18H18BrNO4. The fraction of sp³-hybridized carbons (Fsp3) is 0.222. The molecule has 2 rings (SSSR count). The zero-order valence-corrected chi connectivity index (χ0v) is 15.0. The zero-order chi connectivity index (χ0) is 17.5. The minimum atomic E-state index is -0.610. The molecular weight excluding hydrogens is 374 g/mol. The molecule has 0 aliphatic rings. The average molecular weight is 392 g/mol. The maximum absolute atomic E-state index is 11.9. The van der Waals surface area contributed by atoms with E-state index in [9.17, 15) is 9.59 Å². The van der Waals surface area contributed by atoms with Gasteiger partial charge >= 0.3 is 5.97 Å². The molecule has 0 aliphatic heterocycles. The van der Waals surface area contributed by atoms with E-state index in [1.54, 1.807) is 12.1 Å². The number of carbonyl (C=O) groups excluding carboxylic acids is 2. The number of carbonyl (C=O) groups is 2. The second-order valence-electron chi connectivity index (χ2n) is 5.23. The normalized spacial score (nSPS) is 12.1. The van der Waals surface area contributed by atoms with Crippen molar-refractivity contribution in [2.75, 3.05) is 6.61 Å². The molecule has 6 heteroatoms. The first kappa shape index (κ1) is 18.0. The summed E-state index contributed by atoms with van der Waals surface area (Å²) >= 11 is 3.17. The van der Waals surface area contributed by atoms with Gasteiger partial charge in [0.25, 0.3) is 5.91 Å². The van der Waals surface area contributed by atoms with E-state index in [1.807, 2.05) is 38.1 Å². The molecule has 0 saturated carbocycles. The summed E-state index contributed by atoms with van der Waals surface area (Å²) in [5, 5.41) is 2.80. The summed E-state index contributed by atoms with van der Waals surface area (Å²) in [7, 11) is 0. The monoisotopic (exact) mass is 391 g/mol. The summed E-state index contributed by atoms with van der Waals surface area (Å²) in [6.07, 6.45) is 2.68. The number of furan rings is 1. The SMILES string of the molecule is Cc1ccccc1C(C)NC(=O)COC(=O)/C=C/c1ccc(Br)o1. The van der Waals surface area contributed by atoms with Gasteiger partial charge in [0.05, 0.1) is 6.04 Å². The molecule has 24 heavy (non-hydrogen) atoms. The van der Waals surface area contributed by atoms with Crippen LogP contribution in [0.25, 0.3) is 6.08 Å². The molecule has 5 nitrogen and oxygen atoms in total. The molecule has 0 fully saturated rings. The number of amides is 1. The summed E-state index contributed by atoms with van der Waals surface area (Å²) in [5.74, 6) is -0.453. The number of esters is 1. The molecule has 1 unspecified atom stereocenters. The molecule has 1 aromatic carbocycles. The van der Waals surface area contributed by atoms with Crippen LogP contribution in [0.2, 0.25) is 0 Å². The van der Waals surface area contributed by atoms with Crippen LogP contribution in [0.15, 0.2) is 51.6 Å². The lowest BCUT2D eigenvalue weighted by molar-refractivity contribution is -0.144. The van der Waals surface area contributed by atoms with Crippen molar-refractivity contribution in [3.63, 3.8) is 0 Å². The predicted octanol–water partition coefficient (Wildman–Crippen LogP) is 3.78. The van der Waals surface area contributed by atoms with E-state index >= 15 is 0 Å². The Morgan fingerprint density at radius 2 is 2.04 bits per heavy atom. The Morgan fingerprint density at radius 1 is 1.29 bits per heavy atom. The summed E-state index contributed by atoms with van der Waals surface area (Å²) in [6.45, 7) is 3.54. The maximum Gasteiger partial charge on any atom is 0.331 e. The molecule has 0 radical (unpaired) electrons.